The molecule has 0 atom stereocenters. The third-order valence-corrected chi connectivity index (χ3v) is 2.51. The van der Waals surface area contributed by atoms with E-state index in [0.29, 0.717) is 13.0 Å². The molecule has 1 aromatic carbocycles. The van der Waals surface area contributed by atoms with Crippen molar-refractivity contribution in [3.8, 4) is 0 Å². The fourth-order valence-electron chi connectivity index (χ4n) is 1.62. The second-order valence-electron chi connectivity index (χ2n) is 4.09. The van der Waals surface area contributed by atoms with Crippen molar-refractivity contribution in [2.75, 3.05) is 31.6 Å². The Kier molecular flexibility index (Phi) is 6.18. The van der Waals surface area contributed by atoms with Crippen molar-refractivity contribution in [1.82, 2.24) is 4.90 Å². The molecule has 0 unspecified atom stereocenters. The number of amides is 2. The third kappa shape index (κ3) is 4.73. The van der Waals surface area contributed by atoms with Crippen LogP contribution in [-0.4, -0.2) is 47.4 Å². The summed E-state index contributed by atoms with van der Waals surface area (Å²) < 4.78 is 0. The van der Waals surface area contributed by atoms with E-state index in [4.69, 9.17) is 10.2 Å². The van der Waals surface area contributed by atoms with E-state index < -0.39 is 0 Å². The normalized spacial score (nSPS) is 10.2. The molecule has 0 saturated carbocycles. The molecule has 0 aromatic heterocycles. The maximum Gasteiger partial charge on any atom is 0.321 e. The van der Waals surface area contributed by atoms with Gasteiger partial charge in [0, 0.05) is 25.4 Å². The first-order valence-corrected chi connectivity index (χ1v) is 6.01. The lowest BCUT2D eigenvalue weighted by atomic mass is 10.2. The van der Waals surface area contributed by atoms with Gasteiger partial charge in [-0.3, -0.25) is 0 Å². The van der Waals surface area contributed by atoms with Crippen LogP contribution in [-0.2, 0) is 0 Å². The van der Waals surface area contributed by atoms with E-state index in [0.717, 1.165) is 11.3 Å². The first kappa shape index (κ1) is 14.5. The minimum absolute atomic E-state index is 0.0274. The second kappa shape index (κ2) is 7.68. The van der Waals surface area contributed by atoms with Gasteiger partial charge in [0.15, 0.2) is 0 Å². The van der Waals surface area contributed by atoms with Gasteiger partial charge < -0.3 is 20.4 Å². The van der Waals surface area contributed by atoms with E-state index in [1.807, 2.05) is 31.2 Å². The quantitative estimate of drug-likeness (QED) is 0.712. The standard InChI is InChI=1S/C13H20N2O3/c1-11-4-2-5-12(10-11)14-13(18)15(7-9-17)6-3-8-16/h2,4-5,10,16-17H,3,6-9H2,1H3,(H,14,18). The minimum atomic E-state index is -0.261. The van der Waals surface area contributed by atoms with Crippen LogP contribution in [0.25, 0.3) is 0 Å². The maximum atomic E-state index is 11.9. The summed E-state index contributed by atoms with van der Waals surface area (Å²) in [6.07, 6.45) is 0.501. The molecule has 3 N–H and O–H groups in total. The van der Waals surface area contributed by atoms with Gasteiger partial charge in [-0.2, -0.15) is 0 Å². The molecule has 0 fully saturated rings. The van der Waals surface area contributed by atoms with Crippen LogP contribution in [0.5, 0.6) is 0 Å². The molecular formula is C13H20N2O3. The van der Waals surface area contributed by atoms with Crippen molar-refractivity contribution in [1.29, 1.82) is 0 Å². The number of nitrogens with zero attached hydrogens (tertiary/aromatic N) is 1. The number of aliphatic hydroxyl groups is 2. The fraction of sp³-hybridized carbons (Fsp3) is 0.462. The van der Waals surface area contributed by atoms with Crippen LogP contribution in [0.4, 0.5) is 10.5 Å². The molecule has 2 amide bonds. The SMILES string of the molecule is Cc1cccc(NC(=O)N(CCO)CCCO)c1. The molecule has 0 radical (unpaired) electrons. The lowest BCUT2D eigenvalue weighted by Gasteiger charge is -2.21. The molecule has 0 aliphatic heterocycles. The number of benzene rings is 1. The number of urea groups is 1. The van der Waals surface area contributed by atoms with Crippen LogP contribution in [0.2, 0.25) is 0 Å². The van der Waals surface area contributed by atoms with Gasteiger partial charge in [0.1, 0.15) is 0 Å². The maximum absolute atomic E-state index is 11.9. The third-order valence-electron chi connectivity index (χ3n) is 2.51. The van der Waals surface area contributed by atoms with Crippen molar-refractivity contribution in [2.45, 2.75) is 13.3 Å². The van der Waals surface area contributed by atoms with E-state index in [1.165, 1.54) is 4.90 Å². The highest BCUT2D eigenvalue weighted by Crippen LogP contribution is 2.10. The largest absolute Gasteiger partial charge is 0.396 e. The van der Waals surface area contributed by atoms with E-state index >= 15 is 0 Å². The lowest BCUT2D eigenvalue weighted by molar-refractivity contribution is 0.180. The Balaban J connectivity index is 2.60. The highest BCUT2D eigenvalue weighted by Gasteiger charge is 2.12. The van der Waals surface area contributed by atoms with E-state index in [1.54, 1.807) is 0 Å². The Hall–Kier alpha value is -1.59. The first-order valence-electron chi connectivity index (χ1n) is 6.01. The zero-order valence-electron chi connectivity index (χ0n) is 10.6. The van der Waals surface area contributed by atoms with Gasteiger partial charge in [-0.1, -0.05) is 12.1 Å². The molecule has 0 aliphatic carbocycles. The van der Waals surface area contributed by atoms with Crippen molar-refractivity contribution in [3.63, 3.8) is 0 Å². The van der Waals surface area contributed by atoms with Gasteiger partial charge in [0.05, 0.1) is 6.61 Å². The van der Waals surface area contributed by atoms with Crippen molar-refractivity contribution in [3.05, 3.63) is 29.8 Å². The number of carbonyl (C=O) groups is 1. The summed E-state index contributed by atoms with van der Waals surface area (Å²) in [5, 5.41) is 20.5. The van der Waals surface area contributed by atoms with Crippen LogP contribution >= 0.6 is 0 Å². The Bertz CT molecular complexity index is 382. The molecule has 100 valence electrons. The molecule has 0 heterocycles. The molecule has 0 saturated heterocycles. The van der Waals surface area contributed by atoms with Gasteiger partial charge in [-0.05, 0) is 31.0 Å². The Morgan fingerprint density at radius 2 is 2.06 bits per heavy atom. The van der Waals surface area contributed by atoms with Gasteiger partial charge in [0.2, 0.25) is 0 Å². The second-order valence-corrected chi connectivity index (χ2v) is 4.09. The molecule has 5 nitrogen and oxygen atoms in total. The van der Waals surface area contributed by atoms with Gasteiger partial charge in [-0.25, -0.2) is 4.79 Å². The topological polar surface area (TPSA) is 72.8 Å². The Morgan fingerprint density at radius 1 is 1.28 bits per heavy atom. The van der Waals surface area contributed by atoms with Crippen molar-refractivity contribution in [2.24, 2.45) is 0 Å². The highest BCUT2D eigenvalue weighted by atomic mass is 16.3. The first-order chi connectivity index (χ1) is 8.67. The number of nitrogens with one attached hydrogen (secondary N) is 1. The van der Waals surface area contributed by atoms with Crippen LogP contribution in [0, 0.1) is 6.92 Å². The molecule has 0 bridgehead atoms. The predicted molar refractivity (Wildman–Crippen MR) is 70.6 cm³/mol. The minimum Gasteiger partial charge on any atom is -0.396 e. The summed E-state index contributed by atoms with van der Waals surface area (Å²) in [5.74, 6) is 0. The van der Waals surface area contributed by atoms with E-state index in [9.17, 15) is 4.79 Å². The summed E-state index contributed by atoms with van der Waals surface area (Å²) in [4.78, 5) is 13.4. The number of hydrogen-bond acceptors (Lipinski definition) is 3. The zero-order chi connectivity index (χ0) is 13.4. The van der Waals surface area contributed by atoms with Gasteiger partial charge in [-0.15, -0.1) is 0 Å². The zero-order valence-corrected chi connectivity index (χ0v) is 10.6. The molecule has 0 aliphatic rings. The molecule has 0 spiro atoms. The number of anilines is 1. The van der Waals surface area contributed by atoms with Crippen molar-refractivity contribution >= 4 is 11.7 Å². The number of aliphatic hydroxyl groups excluding tert-OH is 2. The predicted octanol–water partition coefficient (Wildman–Crippen LogP) is 1.20. The van der Waals surface area contributed by atoms with Crippen molar-refractivity contribution < 1.29 is 15.0 Å². The summed E-state index contributed by atoms with van der Waals surface area (Å²) in [7, 11) is 0. The Morgan fingerprint density at radius 3 is 2.67 bits per heavy atom. The molecule has 1 aromatic rings. The monoisotopic (exact) mass is 252 g/mol. The Labute approximate surface area is 107 Å². The molecule has 5 heteroatoms. The number of carbonyl (C=O) groups excluding carboxylic acids is 1. The molecular weight excluding hydrogens is 232 g/mol. The average Bonchev–Trinajstić information content (AvgIpc) is 2.34. The average molecular weight is 252 g/mol. The number of aryl methyl sites for hydroxylation is 1. The smallest absolute Gasteiger partial charge is 0.321 e. The highest BCUT2D eigenvalue weighted by molar-refractivity contribution is 5.89. The molecule has 18 heavy (non-hydrogen) atoms. The van der Waals surface area contributed by atoms with Crippen LogP contribution < -0.4 is 5.32 Å². The number of hydrogen-bond donors (Lipinski definition) is 3. The fourth-order valence-corrected chi connectivity index (χ4v) is 1.62. The van der Waals surface area contributed by atoms with Gasteiger partial charge in [0.25, 0.3) is 0 Å². The molecule has 1 rings (SSSR count). The lowest BCUT2D eigenvalue weighted by Crippen LogP contribution is -2.38. The number of rotatable bonds is 6. The summed E-state index contributed by atoms with van der Waals surface area (Å²) in [6, 6.07) is 7.25. The van der Waals surface area contributed by atoms with Crippen LogP contribution in [0.15, 0.2) is 24.3 Å². The summed E-state index contributed by atoms with van der Waals surface area (Å²) >= 11 is 0. The van der Waals surface area contributed by atoms with Crippen LogP contribution in [0.1, 0.15) is 12.0 Å². The van der Waals surface area contributed by atoms with E-state index in [2.05, 4.69) is 5.32 Å². The van der Waals surface area contributed by atoms with Crippen LogP contribution in [0.3, 0.4) is 0 Å². The van der Waals surface area contributed by atoms with E-state index in [-0.39, 0.29) is 25.8 Å². The summed E-state index contributed by atoms with van der Waals surface area (Å²) in [6.45, 7) is 2.57. The van der Waals surface area contributed by atoms with Gasteiger partial charge >= 0.3 is 6.03 Å². The summed E-state index contributed by atoms with van der Waals surface area (Å²) in [5.41, 5.74) is 1.80.